The third-order valence-corrected chi connectivity index (χ3v) is 5.72. The zero-order valence-corrected chi connectivity index (χ0v) is 17.5. The molecule has 1 heterocycles. The van der Waals surface area contributed by atoms with E-state index in [1.807, 2.05) is 30.3 Å². The van der Waals surface area contributed by atoms with E-state index in [-0.39, 0.29) is 24.2 Å². The number of rotatable bonds is 9. The molecule has 0 bridgehead atoms. The van der Waals surface area contributed by atoms with Gasteiger partial charge < -0.3 is 10.1 Å². The predicted octanol–water partition coefficient (Wildman–Crippen LogP) is 3.62. The zero-order chi connectivity index (χ0) is 20.5. The SMILES string of the molecule is O=C(CSc1nnc(NC(=O)COc2ccc(Cl)cc2)s1)NCc1ccccc1. The number of ether oxygens (including phenoxy) is 1. The van der Waals surface area contributed by atoms with E-state index in [0.717, 1.165) is 5.56 Å². The topological polar surface area (TPSA) is 93.2 Å². The van der Waals surface area contributed by atoms with Crippen molar-refractivity contribution in [2.45, 2.75) is 10.9 Å². The lowest BCUT2D eigenvalue weighted by atomic mass is 10.2. The number of hydrogen-bond acceptors (Lipinski definition) is 7. The minimum atomic E-state index is -0.353. The van der Waals surface area contributed by atoms with Crippen molar-refractivity contribution in [2.24, 2.45) is 0 Å². The van der Waals surface area contributed by atoms with Gasteiger partial charge in [0.2, 0.25) is 11.0 Å². The average Bonchev–Trinajstić information content (AvgIpc) is 3.18. The van der Waals surface area contributed by atoms with Crippen LogP contribution in [0.3, 0.4) is 0 Å². The standard InChI is InChI=1S/C19H17ClN4O3S2/c20-14-6-8-15(9-7-14)27-11-16(25)22-18-23-24-19(29-18)28-12-17(26)21-10-13-4-2-1-3-5-13/h1-9H,10-12H2,(H,21,26)(H,22,23,25). The summed E-state index contributed by atoms with van der Waals surface area (Å²) < 4.78 is 5.96. The van der Waals surface area contributed by atoms with Crippen LogP contribution < -0.4 is 15.4 Å². The second-order valence-electron chi connectivity index (χ2n) is 5.71. The maximum absolute atomic E-state index is 12.0. The Labute approximate surface area is 180 Å². The maximum atomic E-state index is 12.0. The molecule has 0 aliphatic rings. The van der Waals surface area contributed by atoms with Gasteiger partial charge in [0.1, 0.15) is 5.75 Å². The number of nitrogens with zero attached hydrogens (tertiary/aromatic N) is 2. The van der Waals surface area contributed by atoms with Crippen LogP contribution in [0.2, 0.25) is 5.02 Å². The van der Waals surface area contributed by atoms with Crippen LogP contribution in [0.1, 0.15) is 5.56 Å². The van der Waals surface area contributed by atoms with Crippen LogP contribution >= 0.6 is 34.7 Å². The van der Waals surface area contributed by atoms with Gasteiger partial charge in [0.15, 0.2) is 10.9 Å². The van der Waals surface area contributed by atoms with Gasteiger partial charge in [0.25, 0.3) is 5.91 Å². The Kier molecular flexibility index (Phi) is 7.85. The van der Waals surface area contributed by atoms with E-state index in [4.69, 9.17) is 16.3 Å². The van der Waals surface area contributed by atoms with E-state index in [2.05, 4.69) is 20.8 Å². The summed E-state index contributed by atoms with van der Waals surface area (Å²) in [6.07, 6.45) is 0. The van der Waals surface area contributed by atoms with E-state index in [1.165, 1.54) is 23.1 Å². The summed E-state index contributed by atoms with van der Waals surface area (Å²) in [7, 11) is 0. The highest BCUT2D eigenvalue weighted by Crippen LogP contribution is 2.25. The van der Waals surface area contributed by atoms with Gasteiger partial charge in [-0.1, -0.05) is 65.0 Å². The molecule has 0 fully saturated rings. The van der Waals surface area contributed by atoms with Gasteiger partial charge in [-0.05, 0) is 29.8 Å². The van der Waals surface area contributed by atoms with Crippen LogP contribution in [0.15, 0.2) is 58.9 Å². The summed E-state index contributed by atoms with van der Waals surface area (Å²) in [5.74, 6) is 0.304. The Morgan fingerprint density at radius 1 is 1.03 bits per heavy atom. The molecule has 1 aromatic heterocycles. The molecule has 10 heteroatoms. The Hall–Kier alpha value is -2.62. The summed E-state index contributed by atoms with van der Waals surface area (Å²) in [4.78, 5) is 23.9. The van der Waals surface area contributed by atoms with Crippen molar-refractivity contribution in [3.05, 3.63) is 65.2 Å². The van der Waals surface area contributed by atoms with Crippen molar-refractivity contribution >= 4 is 51.6 Å². The van der Waals surface area contributed by atoms with Crippen LogP contribution in [-0.2, 0) is 16.1 Å². The monoisotopic (exact) mass is 448 g/mol. The first-order chi connectivity index (χ1) is 14.1. The molecule has 150 valence electrons. The molecule has 0 saturated heterocycles. The number of halogens is 1. The smallest absolute Gasteiger partial charge is 0.264 e. The second kappa shape index (κ2) is 10.8. The number of amides is 2. The lowest BCUT2D eigenvalue weighted by molar-refractivity contribution is -0.119. The van der Waals surface area contributed by atoms with E-state index in [1.54, 1.807) is 24.3 Å². The van der Waals surface area contributed by atoms with Gasteiger partial charge in [-0.25, -0.2) is 0 Å². The second-order valence-corrected chi connectivity index (χ2v) is 8.35. The molecule has 2 N–H and O–H groups in total. The molecule has 0 aliphatic carbocycles. The molecule has 0 unspecified atom stereocenters. The van der Waals surface area contributed by atoms with Gasteiger partial charge in [-0.15, -0.1) is 10.2 Å². The third kappa shape index (κ3) is 7.37. The van der Waals surface area contributed by atoms with Crippen molar-refractivity contribution < 1.29 is 14.3 Å². The first-order valence-corrected chi connectivity index (χ1v) is 10.7. The normalized spacial score (nSPS) is 10.4. The quantitative estimate of drug-likeness (QED) is 0.383. The Morgan fingerprint density at radius 3 is 2.55 bits per heavy atom. The molecule has 0 aliphatic heterocycles. The third-order valence-electron chi connectivity index (χ3n) is 3.50. The summed E-state index contributed by atoms with van der Waals surface area (Å²) in [5, 5.41) is 14.3. The van der Waals surface area contributed by atoms with Gasteiger partial charge in [-0.2, -0.15) is 0 Å². The molecule has 0 radical (unpaired) electrons. The van der Waals surface area contributed by atoms with Gasteiger partial charge in [-0.3, -0.25) is 14.9 Å². The van der Waals surface area contributed by atoms with Crippen molar-refractivity contribution in [1.82, 2.24) is 15.5 Å². The Bertz CT molecular complexity index is 952. The fraction of sp³-hybridized carbons (Fsp3) is 0.158. The number of anilines is 1. The molecular formula is C19H17ClN4O3S2. The van der Waals surface area contributed by atoms with Crippen molar-refractivity contribution in [3.63, 3.8) is 0 Å². The molecule has 2 amide bonds. The minimum absolute atomic E-state index is 0.101. The van der Waals surface area contributed by atoms with Gasteiger partial charge >= 0.3 is 0 Å². The first kappa shape index (κ1) is 21.1. The molecule has 29 heavy (non-hydrogen) atoms. The lowest BCUT2D eigenvalue weighted by Gasteiger charge is -2.05. The van der Waals surface area contributed by atoms with E-state index < -0.39 is 0 Å². The number of carbonyl (C=O) groups excluding carboxylic acids is 2. The first-order valence-electron chi connectivity index (χ1n) is 8.53. The largest absolute Gasteiger partial charge is 0.484 e. The predicted molar refractivity (Wildman–Crippen MR) is 114 cm³/mol. The number of hydrogen-bond donors (Lipinski definition) is 2. The average molecular weight is 449 g/mol. The van der Waals surface area contributed by atoms with Crippen LogP contribution in [-0.4, -0.2) is 34.4 Å². The molecular weight excluding hydrogens is 432 g/mol. The highest BCUT2D eigenvalue weighted by molar-refractivity contribution is 8.01. The number of nitrogens with one attached hydrogen (secondary N) is 2. The number of benzene rings is 2. The number of carbonyl (C=O) groups is 2. The van der Waals surface area contributed by atoms with Crippen molar-refractivity contribution in [2.75, 3.05) is 17.7 Å². The van der Waals surface area contributed by atoms with Crippen molar-refractivity contribution in [3.8, 4) is 5.75 Å². The summed E-state index contributed by atoms with van der Waals surface area (Å²) in [6, 6.07) is 16.4. The Balaban J connectivity index is 1.37. The van der Waals surface area contributed by atoms with E-state index in [9.17, 15) is 9.59 Å². The van der Waals surface area contributed by atoms with Crippen LogP contribution in [0.25, 0.3) is 0 Å². The molecule has 0 atom stereocenters. The van der Waals surface area contributed by atoms with Gasteiger partial charge in [0, 0.05) is 11.6 Å². The summed E-state index contributed by atoms with van der Waals surface area (Å²) in [6.45, 7) is 0.316. The fourth-order valence-corrected chi connectivity index (χ4v) is 3.85. The molecule has 3 rings (SSSR count). The molecule has 0 spiro atoms. The molecule has 7 nitrogen and oxygen atoms in total. The number of thioether (sulfide) groups is 1. The Morgan fingerprint density at radius 2 is 1.79 bits per heavy atom. The van der Waals surface area contributed by atoms with Gasteiger partial charge in [0.05, 0.1) is 5.75 Å². The van der Waals surface area contributed by atoms with E-state index in [0.29, 0.717) is 26.8 Å². The highest BCUT2D eigenvalue weighted by atomic mass is 35.5. The molecule has 2 aromatic carbocycles. The number of aromatic nitrogens is 2. The van der Waals surface area contributed by atoms with E-state index >= 15 is 0 Å². The summed E-state index contributed by atoms with van der Waals surface area (Å²) >= 11 is 8.26. The van der Waals surface area contributed by atoms with Crippen LogP contribution in [0.4, 0.5) is 5.13 Å². The van der Waals surface area contributed by atoms with Crippen LogP contribution in [0, 0.1) is 0 Å². The van der Waals surface area contributed by atoms with Crippen LogP contribution in [0.5, 0.6) is 5.75 Å². The lowest BCUT2D eigenvalue weighted by Crippen LogP contribution is -2.24. The van der Waals surface area contributed by atoms with Crippen molar-refractivity contribution in [1.29, 1.82) is 0 Å². The highest BCUT2D eigenvalue weighted by Gasteiger charge is 2.11. The fourth-order valence-electron chi connectivity index (χ4n) is 2.13. The molecule has 3 aromatic rings. The zero-order valence-electron chi connectivity index (χ0n) is 15.1. The maximum Gasteiger partial charge on any atom is 0.264 e. The summed E-state index contributed by atoms with van der Waals surface area (Å²) in [5.41, 5.74) is 1.03. The molecule has 0 saturated carbocycles. The minimum Gasteiger partial charge on any atom is -0.484 e.